The van der Waals surface area contributed by atoms with Crippen molar-refractivity contribution < 1.29 is 4.42 Å². The number of aryl methyl sites for hydroxylation is 1. The fourth-order valence-electron chi connectivity index (χ4n) is 2.02. The standard InChI is InChI=1S/C13H8ClNO3/c1-6-4-10-11(13(17)18-6)12(16)8-5-7(14)2-3-9(8)15-10/h2-5H,1H3,(H,15,16). The molecule has 2 heterocycles. The molecule has 1 aromatic carbocycles. The van der Waals surface area contributed by atoms with Crippen molar-refractivity contribution in [2.45, 2.75) is 6.92 Å². The second-order valence-corrected chi connectivity index (χ2v) is 4.51. The summed E-state index contributed by atoms with van der Waals surface area (Å²) in [5.74, 6) is 0.455. The van der Waals surface area contributed by atoms with E-state index in [0.717, 1.165) is 0 Å². The first-order valence-corrected chi connectivity index (χ1v) is 5.70. The maximum atomic E-state index is 12.2. The lowest BCUT2D eigenvalue weighted by atomic mass is 10.1. The summed E-state index contributed by atoms with van der Waals surface area (Å²) in [5, 5.41) is 0.852. The lowest BCUT2D eigenvalue weighted by Crippen LogP contribution is -2.14. The molecule has 0 saturated carbocycles. The molecule has 0 amide bonds. The summed E-state index contributed by atoms with van der Waals surface area (Å²) in [6.45, 7) is 1.66. The van der Waals surface area contributed by atoms with Crippen molar-refractivity contribution in [3.63, 3.8) is 0 Å². The highest BCUT2D eigenvalue weighted by molar-refractivity contribution is 6.31. The van der Waals surface area contributed by atoms with Crippen LogP contribution >= 0.6 is 11.6 Å². The zero-order chi connectivity index (χ0) is 12.9. The third-order valence-electron chi connectivity index (χ3n) is 2.80. The van der Waals surface area contributed by atoms with Crippen LogP contribution in [0.3, 0.4) is 0 Å². The molecule has 0 atom stereocenters. The van der Waals surface area contributed by atoms with Crippen molar-refractivity contribution in [3.05, 3.63) is 55.7 Å². The van der Waals surface area contributed by atoms with Gasteiger partial charge in [-0.15, -0.1) is 0 Å². The Morgan fingerprint density at radius 2 is 1.94 bits per heavy atom. The molecule has 0 bridgehead atoms. The molecule has 0 fully saturated rings. The third kappa shape index (κ3) is 1.54. The van der Waals surface area contributed by atoms with Gasteiger partial charge in [-0.2, -0.15) is 0 Å². The van der Waals surface area contributed by atoms with Crippen LogP contribution in [0.1, 0.15) is 5.76 Å². The average molecular weight is 262 g/mol. The van der Waals surface area contributed by atoms with Gasteiger partial charge in [0.2, 0.25) is 5.43 Å². The number of fused-ring (bicyclic) bond motifs is 2. The van der Waals surface area contributed by atoms with Crippen LogP contribution in [0.5, 0.6) is 0 Å². The lowest BCUT2D eigenvalue weighted by molar-refractivity contribution is 0.488. The molecule has 4 nitrogen and oxygen atoms in total. The molecule has 0 aliphatic rings. The molecule has 0 saturated heterocycles. The SMILES string of the molecule is Cc1cc2[nH]c3ccc(Cl)cc3c(=O)c2c(=O)o1. The predicted molar refractivity (Wildman–Crippen MR) is 70.4 cm³/mol. The van der Waals surface area contributed by atoms with E-state index in [1.807, 2.05) is 0 Å². The Hall–Kier alpha value is -2.07. The molecule has 3 rings (SSSR count). The van der Waals surface area contributed by atoms with Gasteiger partial charge >= 0.3 is 5.63 Å². The number of rotatable bonds is 0. The van der Waals surface area contributed by atoms with Gasteiger partial charge in [0.05, 0.1) is 5.52 Å². The molecule has 5 heteroatoms. The van der Waals surface area contributed by atoms with E-state index in [4.69, 9.17) is 16.0 Å². The molecule has 90 valence electrons. The quantitative estimate of drug-likeness (QED) is 0.633. The first-order chi connectivity index (χ1) is 8.56. The molecule has 18 heavy (non-hydrogen) atoms. The second kappa shape index (κ2) is 3.71. The highest BCUT2D eigenvalue weighted by Crippen LogP contribution is 2.17. The van der Waals surface area contributed by atoms with E-state index in [0.29, 0.717) is 27.2 Å². The van der Waals surface area contributed by atoms with Crippen molar-refractivity contribution in [3.8, 4) is 0 Å². The maximum absolute atomic E-state index is 12.2. The molecule has 0 unspecified atom stereocenters. The lowest BCUT2D eigenvalue weighted by Gasteiger charge is -2.02. The molecule has 2 aromatic heterocycles. The number of aromatic nitrogens is 1. The highest BCUT2D eigenvalue weighted by atomic mass is 35.5. The zero-order valence-electron chi connectivity index (χ0n) is 9.41. The normalized spacial score (nSPS) is 11.2. The van der Waals surface area contributed by atoms with E-state index in [-0.39, 0.29) is 10.8 Å². The maximum Gasteiger partial charge on any atom is 0.349 e. The first-order valence-electron chi connectivity index (χ1n) is 5.32. The van der Waals surface area contributed by atoms with Gasteiger partial charge in [-0.05, 0) is 25.1 Å². The summed E-state index contributed by atoms with van der Waals surface area (Å²) in [7, 11) is 0. The largest absolute Gasteiger partial charge is 0.428 e. The third-order valence-corrected chi connectivity index (χ3v) is 3.03. The molecular formula is C13H8ClNO3. The smallest absolute Gasteiger partial charge is 0.349 e. The molecule has 3 aromatic rings. The monoisotopic (exact) mass is 261 g/mol. The first kappa shape index (κ1) is 11.0. The van der Waals surface area contributed by atoms with Crippen LogP contribution in [-0.4, -0.2) is 4.98 Å². The van der Waals surface area contributed by atoms with Crippen molar-refractivity contribution in [2.24, 2.45) is 0 Å². The average Bonchev–Trinajstić information content (AvgIpc) is 2.29. The minimum Gasteiger partial charge on any atom is -0.428 e. The number of hydrogen-bond acceptors (Lipinski definition) is 3. The Morgan fingerprint density at radius 3 is 2.72 bits per heavy atom. The zero-order valence-corrected chi connectivity index (χ0v) is 10.2. The topological polar surface area (TPSA) is 63.1 Å². The van der Waals surface area contributed by atoms with Crippen LogP contribution in [0.4, 0.5) is 0 Å². The van der Waals surface area contributed by atoms with Gasteiger partial charge in [0.1, 0.15) is 11.1 Å². The summed E-state index contributed by atoms with van der Waals surface area (Å²) >= 11 is 5.85. The van der Waals surface area contributed by atoms with Crippen LogP contribution < -0.4 is 11.1 Å². The minimum atomic E-state index is -0.631. The Morgan fingerprint density at radius 1 is 1.17 bits per heavy atom. The minimum absolute atomic E-state index is 0.0235. The van der Waals surface area contributed by atoms with Gasteiger partial charge in [-0.1, -0.05) is 11.6 Å². The van der Waals surface area contributed by atoms with Crippen molar-refractivity contribution in [2.75, 3.05) is 0 Å². The molecule has 0 spiro atoms. The summed E-state index contributed by atoms with van der Waals surface area (Å²) in [6, 6.07) is 6.56. The van der Waals surface area contributed by atoms with Gasteiger partial charge in [-0.3, -0.25) is 4.79 Å². The van der Waals surface area contributed by atoms with Gasteiger partial charge in [0, 0.05) is 22.0 Å². The van der Waals surface area contributed by atoms with E-state index < -0.39 is 5.63 Å². The van der Waals surface area contributed by atoms with E-state index in [1.165, 1.54) is 6.07 Å². The number of pyridine rings is 1. The Bertz CT molecular complexity index is 892. The number of hydrogen-bond donors (Lipinski definition) is 1. The number of nitrogens with one attached hydrogen (secondary N) is 1. The number of benzene rings is 1. The van der Waals surface area contributed by atoms with Crippen LogP contribution in [0, 0.1) is 6.92 Å². The molecule has 0 radical (unpaired) electrons. The fourth-order valence-corrected chi connectivity index (χ4v) is 2.19. The summed E-state index contributed by atoms with van der Waals surface area (Å²) in [4.78, 5) is 27.0. The van der Waals surface area contributed by atoms with Crippen LogP contribution in [0.15, 0.2) is 38.3 Å². The molecule has 0 aliphatic carbocycles. The van der Waals surface area contributed by atoms with Crippen LogP contribution in [-0.2, 0) is 0 Å². The van der Waals surface area contributed by atoms with E-state index in [9.17, 15) is 9.59 Å². The molecule has 1 N–H and O–H groups in total. The highest BCUT2D eigenvalue weighted by Gasteiger charge is 2.10. The predicted octanol–water partition coefficient (Wildman–Crippen LogP) is 2.60. The van der Waals surface area contributed by atoms with Gasteiger partial charge < -0.3 is 9.40 Å². The van der Waals surface area contributed by atoms with E-state index >= 15 is 0 Å². The van der Waals surface area contributed by atoms with Gasteiger partial charge in [0.25, 0.3) is 0 Å². The number of halogens is 1. The van der Waals surface area contributed by atoms with Gasteiger partial charge in [0.15, 0.2) is 0 Å². The number of H-pyrrole nitrogens is 1. The molecular weight excluding hydrogens is 254 g/mol. The van der Waals surface area contributed by atoms with Crippen LogP contribution in [0.2, 0.25) is 5.02 Å². The van der Waals surface area contributed by atoms with Crippen molar-refractivity contribution in [1.82, 2.24) is 4.98 Å². The van der Waals surface area contributed by atoms with Crippen molar-refractivity contribution >= 4 is 33.4 Å². The van der Waals surface area contributed by atoms with Crippen LogP contribution in [0.25, 0.3) is 21.8 Å². The molecule has 0 aliphatic heterocycles. The van der Waals surface area contributed by atoms with Gasteiger partial charge in [-0.25, -0.2) is 4.79 Å². The Kier molecular flexibility index (Phi) is 2.28. The Balaban J connectivity index is 2.66. The van der Waals surface area contributed by atoms with E-state index in [2.05, 4.69) is 4.98 Å². The summed E-state index contributed by atoms with van der Waals surface area (Å²) in [6.07, 6.45) is 0. The summed E-state index contributed by atoms with van der Waals surface area (Å²) < 4.78 is 4.94. The summed E-state index contributed by atoms with van der Waals surface area (Å²) in [5.41, 5.74) is 0.119. The fraction of sp³-hybridized carbons (Fsp3) is 0.0769. The number of aromatic amines is 1. The van der Waals surface area contributed by atoms with E-state index in [1.54, 1.807) is 25.1 Å². The Labute approximate surface area is 106 Å². The second-order valence-electron chi connectivity index (χ2n) is 4.08. The van der Waals surface area contributed by atoms with Crippen molar-refractivity contribution in [1.29, 1.82) is 0 Å².